The molecule has 0 fully saturated rings. The zero-order valence-corrected chi connectivity index (χ0v) is 16.9. The maximum absolute atomic E-state index is 12.5. The molecule has 7 heteroatoms. The van der Waals surface area contributed by atoms with Gasteiger partial charge in [0.2, 0.25) is 0 Å². The molecule has 2 aromatic carbocycles. The van der Waals surface area contributed by atoms with Crippen LogP contribution < -0.4 is 0 Å². The fraction of sp³-hybridized carbons (Fsp3) is 0.235. The van der Waals surface area contributed by atoms with Crippen molar-refractivity contribution in [2.24, 2.45) is 5.92 Å². The standard InChI is InChI=1S/C17H18AsClO4S/c1-11(2)16(17(20)21)18-24(22,23)15-9-5-13(6-10-15)12-3-7-14(19)8-4-12/h3-11,16,18H,1-2H3,(H,20,21). The molecule has 128 valence electrons. The van der Waals surface area contributed by atoms with E-state index in [9.17, 15) is 18.3 Å². The van der Waals surface area contributed by atoms with Crippen molar-refractivity contribution in [2.45, 2.75) is 23.4 Å². The van der Waals surface area contributed by atoms with Crippen LogP contribution in [0.3, 0.4) is 0 Å². The van der Waals surface area contributed by atoms with Crippen molar-refractivity contribution in [3.8, 4) is 11.1 Å². The van der Waals surface area contributed by atoms with Gasteiger partial charge in [-0.1, -0.05) is 0 Å². The Labute approximate surface area is 152 Å². The van der Waals surface area contributed by atoms with Gasteiger partial charge in [0.25, 0.3) is 0 Å². The fourth-order valence-electron chi connectivity index (χ4n) is 2.18. The molecule has 0 spiro atoms. The first-order valence-corrected chi connectivity index (χ1v) is 13.0. The maximum atomic E-state index is 12.5. The van der Waals surface area contributed by atoms with Crippen LogP contribution in [-0.4, -0.2) is 34.1 Å². The molecule has 0 heterocycles. The van der Waals surface area contributed by atoms with E-state index in [0.29, 0.717) is 5.02 Å². The van der Waals surface area contributed by atoms with Gasteiger partial charge >= 0.3 is 153 Å². The van der Waals surface area contributed by atoms with Crippen LogP contribution in [0.5, 0.6) is 0 Å². The fourth-order valence-corrected chi connectivity index (χ4v) is 9.80. The van der Waals surface area contributed by atoms with Crippen molar-refractivity contribution in [1.29, 1.82) is 0 Å². The van der Waals surface area contributed by atoms with Gasteiger partial charge < -0.3 is 0 Å². The molecule has 4 nitrogen and oxygen atoms in total. The van der Waals surface area contributed by atoms with Crippen LogP contribution in [0.15, 0.2) is 53.4 Å². The third kappa shape index (κ3) is 4.62. The Balaban J connectivity index is 2.26. The van der Waals surface area contributed by atoms with E-state index in [-0.39, 0.29) is 10.8 Å². The Morgan fingerprint density at radius 2 is 1.46 bits per heavy atom. The van der Waals surface area contributed by atoms with Crippen LogP contribution in [0, 0.1) is 5.92 Å². The second kappa shape index (κ2) is 7.73. The Bertz CT molecular complexity index is 815. The molecule has 0 bridgehead atoms. The van der Waals surface area contributed by atoms with Gasteiger partial charge in [-0.3, -0.25) is 0 Å². The molecule has 0 saturated heterocycles. The van der Waals surface area contributed by atoms with Crippen molar-refractivity contribution in [3.05, 3.63) is 53.6 Å². The van der Waals surface area contributed by atoms with Crippen LogP contribution in [0.1, 0.15) is 13.8 Å². The topological polar surface area (TPSA) is 71.4 Å². The van der Waals surface area contributed by atoms with Crippen LogP contribution >= 0.6 is 11.6 Å². The number of carbonyl (C=O) groups is 1. The summed E-state index contributed by atoms with van der Waals surface area (Å²) in [5.74, 6) is -1.24. The third-order valence-corrected chi connectivity index (χ3v) is 12.2. The van der Waals surface area contributed by atoms with Gasteiger partial charge in [0.05, 0.1) is 0 Å². The summed E-state index contributed by atoms with van der Waals surface area (Å²) in [6.07, 6.45) is 0. The van der Waals surface area contributed by atoms with E-state index in [0.717, 1.165) is 11.1 Å². The first-order chi connectivity index (χ1) is 11.2. The van der Waals surface area contributed by atoms with Gasteiger partial charge in [-0.05, 0) is 0 Å². The minimum absolute atomic E-state index is 0.187. The Kier molecular flexibility index (Phi) is 6.13. The van der Waals surface area contributed by atoms with E-state index in [1.165, 1.54) is 0 Å². The Morgan fingerprint density at radius 3 is 1.88 bits per heavy atom. The second-order valence-electron chi connectivity index (χ2n) is 5.71. The van der Waals surface area contributed by atoms with Gasteiger partial charge in [-0.15, -0.1) is 0 Å². The molecule has 0 saturated carbocycles. The molecule has 0 amide bonds. The number of rotatable bonds is 6. The number of benzene rings is 2. The molecule has 1 N–H and O–H groups in total. The molecule has 0 radical (unpaired) electrons. The van der Waals surface area contributed by atoms with Gasteiger partial charge in [-0.2, -0.15) is 0 Å². The van der Waals surface area contributed by atoms with E-state index in [1.54, 1.807) is 50.2 Å². The van der Waals surface area contributed by atoms with Gasteiger partial charge in [0, 0.05) is 0 Å². The molecule has 0 aliphatic rings. The van der Waals surface area contributed by atoms with Crippen LogP contribution in [-0.2, 0) is 12.9 Å². The number of carboxylic acid groups (broad SMARTS) is 1. The number of aliphatic carboxylic acids is 1. The molecular formula is C17H18AsClO4S. The van der Waals surface area contributed by atoms with E-state index < -0.39 is 33.4 Å². The Hall–Kier alpha value is -1.29. The zero-order chi connectivity index (χ0) is 17.9. The molecule has 2 rings (SSSR count). The van der Waals surface area contributed by atoms with Crippen LogP contribution in [0.2, 0.25) is 9.73 Å². The summed E-state index contributed by atoms with van der Waals surface area (Å²) in [5.41, 5.74) is 1.81. The molecule has 24 heavy (non-hydrogen) atoms. The molecular weight excluding hydrogens is 411 g/mol. The van der Waals surface area contributed by atoms with Crippen molar-refractivity contribution < 1.29 is 18.3 Å². The number of halogens is 1. The van der Waals surface area contributed by atoms with E-state index in [1.807, 2.05) is 12.1 Å². The summed E-state index contributed by atoms with van der Waals surface area (Å²) in [7, 11) is -3.53. The summed E-state index contributed by atoms with van der Waals surface area (Å²) >= 11 is 4.14. The molecule has 2 aromatic rings. The summed E-state index contributed by atoms with van der Waals surface area (Å²) in [5, 5.41) is 9.86. The van der Waals surface area contributed by atoms with Crippen LogP contribution in [0.4, 0.5) is 0 Å². The number of hydrogen-bond acceptors (Lipinski definition) is 3. The average molecular weight is 429 g/mol. The van der Waals surface area contributed by atoms with Crippen molar-refractivity contribution in [1.82, 2.24) is 0 Å². The quantitative estimate of drug-likeness (QED) is 0.713. The first-order valence-electron chi connectivity index (χ1n) is 7.32. The number of hydrogen-bond donors (Lipinski definition) is 1. The molecule has 0 aliphatic carbocycles. The van der Waals surface area contributed by atoms with E-state index in [4.69, 9.17) is 11.6 Å². The molecule has 0 aliphatic heterocycles. The van der Waals surface area contributed by atoms with E-state index in [2.05, 4.69) is 0 Å². The summed E-state index contributed by atoms with van der Waals surface area (Å²) in [4.78, 5) is 11.5. The minimum atomic E-state index is -3.53. The normalized spacial score (nSPS) is 13.5. The summed E-state index contributed by atoms with van der Waals surface area (Å²) in [6.45, 7) is 3.48. The molecule has 2 atom stereocenters. The number of carboxylic acids is 1. The van der Waals surface area contributed by atoms with Gasteiger partial charge in [-0.25, -0.2) is 0 Å². The molecule has 2 unspecified atom stereocenters. The Morgan fingerprint density at radius 1 is 1.00 bits per heavy atom. The second-order valence-corrected chi connectivity index (χ2v) is 14.0. The predicted molar refractivity (Wildman–Crippen MR) is 97.4 cm³/mol. The van der Waals surface area contributed by atoms with Gasteiger partial charge in [0.1, 0.15) is 0 Å². The zero-order valence-electron chi connectivity index (χ0n) is 13.2. The summed E-state index contributed by atoms with van der Waals surface area (Å²) in [6, 6.07) is 13.8. The van der Waals surface area contributed by atoms with Crippen molar-refractivity contribution in [2.75, 3.05) is 0 Å². The van der Waals surface area contributed by atoms with Crippen LogP contribution in [0.25, 0.3) is 11.1 Å². The van der Waals surface area contributed by atoms with Crippen molar-refractivity contribution in [3.63, 3.8) is 0 Å². The summed E-state index contributed by atoms with van der Waals surface area (Å²) < 4.78 is 24.2. The van der Waals surface area contributed by atoms with E-state index >= 15 is 0 Å². The SMILES string of the molecule is CC(C)C([AsH]S(=O)(=O)c1ccc(-c2ccc(Cl)cc2)cc1)C(=O)O. The third-order valence-electron chi connectivity index (χ3n) is 3.56. The monoisotopic (exact) mass is 428 g/mol. The molecule has 0 aromatic heterocycles. The van der Waals surface area contributed by atoms with Crippen molar-refractivity contribution >= 4 is 40.3 Å². The first kappa shape index (κ1) is 19.0. The average Bonchev–Trinajstić information content (AvgIpc) is 2.53. The predicted octanol–water partition coefficient (Wildman–Crippen LogP) is 3.66. The van der Waals surface area contributed by atoms with Gasteiger partial charge in [0.15, 0.2) is 0 Å².